The number of hydrogen-bond acceptors (Lipinski definition) is 3. The Kier molecular flexibility index (Phi) is 4.34. The van der Waals surface area contributed by atoms with Crippen LogP contribution in [0, 0.1) is 12.7 Å². The molecule has 2 N–H and O–H groups in total. The van der Waals surface area contributed by atoms with Gasteiger partial charge < -0.3 is 15.2 Å². The Balaban J connectivity index is 1.86. The highest BCUT2D eigenvalue weighted by Crippen LogP contribution is 2.19. The van der Waals surface area contributed by atoms with Gasteiger partial charge in [0, 0.05) is 12.1 Å². The second kappa shape index (κ2) is 6.00. The molecule has 0 radical (unpaired) electrons. The van der Waals surface area contributed by atoms with Gasteiger partial charge in [0.05, 0.1) is 6.10 Å². The summed E-state index contributed by atoms with van der Waals surface area (Å²) in [7, 11) is 0. The number of carboxylic acids is 1. The van der Waals surface area contributed by atoms with Crippen molar-refractivity contribution in [2.45, 2.75) is 32.0 Å². The SMILES string of the molecule is Cc1ccc(C(=O)NCC2CCC(C(=O)O)O2)cc1F. The second-order valence-electron chi connectivity index (χ2n) is 4.84. The molecule has 1 aliphatic rings. The van der Waals surface area contributed by atoms with Crippen LogP contribution < -0.4 is 5.32 Å². The van der Waals surface area contributed by atoms with Crippen molar-refractivity contribution in [1.82, 2.24) is 5.32 Å². The van der Waals surface area contributed by atoms with Crippen molar-refractivity contribution < 1.29 is 23.8 Å². The molecule has 6 heteroatoms. The van der Waals surface area contributed by atoms with Crippen LogP contribution in [-0.4, -0.2) is 35.7 Å². The number of benzene rings is 1. The number of amides is 1. The molecule has 1 amide bonds. The van der Waals surface area contributed by atoms with Crippen molar-refractivity contribution in [3.8, 4) is 0 Å². The maximum atomic E-state index is 13.4. The summed E-state index contributed by atoms with van der Waals surface area (Å²) >= 11 is 0. The van der Waals surface area contributed by atoms with Gasteiger partial charge in [0.25, 0.3) is 5.91 Å². The molecule has 0 saturated carbocycles. The monoisotopic (exact) mass is 281 g/mol. The van der Waals surface area contributed by atoms with Gasteiger partial charge in [0.2, 0.25) is 0 Å². The molecule has 2 unspecified atom stereocenters. The number of carbonyl (C=O) groups excluding carboxylic acids is 1. The van der Waals surface area contributed by atoms with Gasteiger partial charge in [-0.3, -0.25) is 4.79 Å². The van der Waals surface area contributed by atoms with Crippen LogP contribution in [0.15, 0.2) is 18.2 Å². The van der Waals surface area contributed by atoms with Gasteiger partial charge in [-0.15, -0.1) is 0 Å². The summed E-state index contributed by atoms with van der Waals surface area (Å²) in [6, 6.07) is 4.26. The summed E-state index contributed by atoms with van der Waals surface area (Å²) in [5.41, 5.74) is 0.714. The third-order valence-electron chi connectivity index (χ3n) is 3.31. The smallest absolute Gasteiger partial charge is 0.332 e. The summed E-state index contributed by atoms with van der Waals surface area (Å²) in [5, 5.41) is 11.4. The first kappa shape index (κ1) is 14.5. The Labute approximate surface area is 115 Å². The average Bonchev–Trinajstić information content (AvgIpc) is 2.88. The van der Waals surface area contributed by atoms with Gasteiger partial charge in [0.15, 0.2) is 6.10 Å². The summed E-state index contributed by atoms with van der Waals surface area (Å²) in [6.45, 7) is 1.84. The Hall–Kier alpha value is -1.95. The van der Waals surface area contributed by atoms with Gasteiger partial charge in [-0.25, -0.2) is 9.18 Å². The lowest BCUT2D eigenvalue weighted by Gasteiger charge is -2.12. The Morgan fingerprint density at radius 3 is 2.80 bits per heavy atom. The molecule has 1 aromatic rings. The Bertz CT molecular complexity index is 532. The first-order valence-corrected chi connectivity index (χ1v) is 6.40. The molecule has 108 valence electrons. The molecule has 1 heterocycles. The summed E-state index contributed by atoms with van der Waals surface area (Å²) in [4.78, 5) is 22.6. The van der Waals surface area contributed by atoms with Gasteiger partial charge in [-0.05, 0) is 37.5 Å². The van der Waals surface area contributed by atoms with E-state index >= 15 is 0 Å². The molecule has 0 aliphatic carbocycles. The fourth-order valence-corrected chi connectivity index (χ4v) is 2.08. The van der Waals surface area contributed by atoms with Crippen molar-refractivity contribution in [3.63, 3.8) is 0 Å². The number of carbonyl (C=O) groups is 2. The summed E-state index contributed by atoms with van der Waals surface area (Å²) in [5.74, 6) is -1.81. The number of aryl methyl sites for hydroxylation is 1. The standard InChI is InChI=1S/C14H16FNO4/c1-8-2-3-9(6-11(8)15)13(17)16-7-10-4-5-12(20-10)14(18)19/h2-3,6,10,12H,4-5,7H2,1H3,(H,16,17)(H,18,19). The maximum Gasteiger partial charge on any atom is 0.332 e. The van der Waals surface area contributed by atoms with Crippen molar-refractivity contribution in [3.05, 3.63) is 35.1 Å². The van der Waals surface area contributed by atoms with E-state index in [4.69, 9.17) is 9.84 Å². The van der Waals surface area contributed by atoms with Crippen molar-refractivity contribution in [2.75, 3.05) is 6.54 Å². The van der Waals surface area contributed by atoms with Gasteiger partial charge in [-0.1, -0.05) is 6.07 Å². The van der Waals surface area contributed by atoms with Crippen LogP contribution in [0.3, 0.4) is 0 Å². The number of rotatable bonds is 4. The number of carboxylic acid groups (broad SMARTS) is 1. The van der Waals surface area contributed by atoms with Gasteiger partial charge in [0.1, 0.15) is 5.82 Å². The van der Waals surface area contributed by atoms with Crippen LogP contribution in [0.4, 0.5) is 4.39 Å². The average molecular weight is 281 g/mol. The van der Waals surface area contributed by atoms with Gasteiger partial charge >= 0.3 is 5.97 Å². The molecule has 1 aliphatic heterocycles. The fourth-order valence-electron chi connectivity index (χ4n) is 2.08. The number of nitrogens with one attached hydrogen (secondary N) is 1. The van der Waals surface area contributed by atoms with E-state index in [1.165, 1.54) is 12.1 Å². The molecular formula is C14H16FNO4. The lowest BCUT2D eigenvalue weighted by molar-refractivity contribution is -0.149. The highest BCUT2D eigenvalue weighted by molar-refractivity contribution is 5.94. The van der Waals surface area contributed by atoms with Crippen molar-refractivity contribution >= 4 is 11.9 Å². The van der Waals surface area contributed by atoms with E-state index in [1.54, 1.807) is 13.0 Å². The molecule has 0 bridgehead atoms. The first-order valence-electron chi connectivity index (χ1n) is 6.40. The number of halogens is 1. The minimum atomic E-state index is -0.987. The van der Waals surface area contributed by atoms with E-state index in [0.717, 1.165) is 0 Å². The lowest BCUT2D eigenvalue weighted by atomic mass is 10.1. The largest absolute Gasteiger partial charge is 0.479 e. The van der Waals surface area contributed by atoms with Gasteiger partial charge in [-0.2, -0.15) is 0 Å². The van der Waals surface area contributed by atoms with E-state index in [-0.39, 0.29) is 18.2 Å². The van der Waals surface area contributed by atoms with E-state index in [9.17, 15) is 14.0 Å². The molecule has 2 atom stereocenters. The quantitative estimate of drug-likeness (QED) is 0.877. The van der Waals surface area contributed by atoms with Crippen molar-refractivity contribution in [1.29, 1.82) is 0 Å². The highest BCUT2D eigenvalue weighted by atomic mass is 19.1. The summed E-state index contributed by atoms with van der Waals surface area (Å²) in [6.07, 6.45) is -0.0850. The van der Waals surface area contributed by atoms with E-state index in [1.807, 2.05) is 0 Å². The predicted molar refractivity (Wildman–Crippen MR) is 69.0 cm³/mol. The van der Waals surface area contributed by atoms with Crippen LogP contribution in [0.5, 0.6) is 0 Å². The van der Waals surface area contributed by atoms with E-state index in [0.29, 0.717) is 18.4 Å². The molecular weight excluding hydrogens is 265 g/mol. The Morgan fingerprint density at radius 1 is 1.45 bits per heavy atom. The number of ether oxygens (including phenoxy) is 1. The van der Waals surface area contributed by atoms with Crippen molar-refractivity contribution in [2.24, 2.45) is 0 Å². The number of hydrogen-bond donors (Lipinski definition) is 2. The molecule has 1 saturated heterocycles. The second-order valence-corrected chi connectivity index (χ2v) is 4.84. The molecule has 0 aromatic heterocycles. The normalized spacial score (nSPS) is 21.7. The van der Waals surface area contributed by atoms with E-state index in [2.05, 4.69) is 5.32 Å². The van der Waals surface area contributed by atoms with Crippen LogP contribution in [0.2, 0.25) is 0 Å². The molecule has 1 fully saturated rings. The molecule has 5 nitrogen and oxygen atoms in total. The number of aliphatic carboxylic acids is 1. The molecule has 2 rings (SSSR count). The van der Waals surface area contributed by atoms with Crippen LogP contribution in [0.1, 0.15) is 28.8 Å². The van der Waals surface area contributed by atoms with E-state index < -0.39 is 23.8 Å². The molecule has 0 spiro atoms. The molecule has 20 heavy (non-hydrogen) atoms. The molecule has 1 aromatic carbocycles. The topological polar surface area (TPSA) is 75.6 Å². The highest BCUT2D eigenvalue weighted by Gasteiger charge is 2.30. The third-order valence-corrected chi connectivity index (χ3v) is 3.31. The zero-order valence-corrected chi connectivity index (χ0v) is 11.1. The minimum absolute atomic E-state index is 0.220. The zero-order valence-electron chi connectivity index (χ0n) is 11.1. The lowest BCUT2D eigenvalue weighted by Crippen LogP contribution is -2.33. The minimum Gasteiger partial charge on any atom is -0.479 e. The Morgan fingerprint density at radius 2 is 2.20 bits per heavy atom. The first-order chi connectivity index (χ1) is 9.47. The van der Waals surface area contributed by atoms with Crippen LogP contribution >= 0.6 is 0 Å². The van der Waals surface area contributed by atoms with Crippen LogP contribution in [-0.2, 0) is 9.53 Å². The summed E-state index contributed by atoms with van der Waals surface area (Å²) < 4.78 is 18.6. The van der Waals surface area contributed by atoms with Crippen LogP contribution in [0.25, 0.3) is 0 Å². The third kappa shape index (κ3) is 3.33. The zero-order chi connectivity index (χ0) is 14.7. The predicted octanol–water partition coefficient (Wildman–Crippen LogP) is 1.50. The fraction of sp³-hybridized carbons (Fsp3) is 0.429. The maximum absolute atomic E-state index is 13.4.